The zero-order chi connectivity index (χ0) is 23.4. The van der Waals surface area contributed by atoms with Crippen molar-refractivity contribution in [1.82, 2.24) is 5.32 Å². The lowest BCUT2D eigenvalue weighted by Crippen LogP contribution is -2.31. The van der Waals surface area contributed by atoms with Crippen LogP contribution in [-0.4, -0.2) is 17.6 Å². The van der Waals surface area contributed by atoms with Crippen LogP contribution in [0.3, 0.4) is 0 Å². The van der Waals surface area contributed by atoms with Crippen molar-refractivity contribution >= 4 is 40.0 Å². The molecule has 1 heterocycles. The summed E-state index contributed by atoms with van der Waals surface area (Å²) in [6.45, 7) is 4.25. The monoisotopic (exact) mass is 455 g/mol. The summed E-state index contributed by atoms with van der Waals surface area (Å²) >= 11 is 1.19. The van der Waals surface area contributed by atoms with Crippen LogP contribution < -0.4 is 10.6 Å². The molecule has 0 spiro atoms. The molecule has 1 aliphatic heterocycles. The van der Waals surface area contributed by atoms with Gasteiger partial charge in [-0.2, -0.15) is 5.26 Å². The lowest BCUT2D eigenvalue weighted by molar-refractivity contribution is -0.121. The number of nitriles is 1. The molecular weight excluding hydrogens is 430 g/mol. The summed E-state index contributed by atoms with van der Waals surface area (Å²) in [6.07, 6.45) is 0.218. The largest absolute Gasteiger partial charge is 0.325 e. The van der Waals surface area contributed by atoms with E-state index in [2.05, 4.69) is 30.6 Å². The lowest BCUT2D eigenvalue weighted by Gasteiger charge is -2.25. The first kappa shape index (κ1) is 22.6. The number of anilines is 1. The number of nitrogens with zero attached hydrogens (tertiary/aromatic N) is 1. The summed E-state index contributed by atoms with van der Waals surface area (Å²) < 4.78 is 0. The van der Waals surface area contributed by atoms with Crippen LogP contribution in [-0.2, 0) is 9.59 Å². The van der Waals surface area contributed by atoms with Gasteiger partial charge in [0.1, 0.15) is 0 Å². The van der Waals surface area contributed by atoms with Crippen LogP contribution in [0, 0.1) is 11.3 Å². The van der Waals surface area contributed by atoms with Crippen LogP contribution in [0.4, 0.5) is 5.69 Å². The van der Waals surface area contributed by atoms with Crippen molar-refractivity contribution in [2.75, 3.05) is 11.1 Å². The smallest absolute Gasteiger partial charge is 0.234 e. The average molecular weight is 456 g/mol. The number of amides is 2. The number of allylic oxidation sites excluding steroid dienone is 1. The zero-order valence-corrected chi connectivity index (χ0v) is 19.4. The molecule has 0 bridgehead atoms. The highest BCUT2D eigenvalue weighted by atomic mass is 32.2. The first-order chi connectivity index (χ1) is 16.0. The first-order valence-electron chi connectivity index (χ1n) is 10.9. The van der Waals surface area contributed by atoms with Gasteiger partial charge in [0.2, 0.25) is 11.8 Å². The molecule has 6 heteroatoms. The van der Waals surface area contributed by atoms with Crippen molar-refractivity contribution in [2.45, 2.75) is 32.1 Å². The van der Waals surface area contributed by atoms with Crippen LogP contribution in [0.5, 0.6) is 0 Å². The molecule has 0 radical (unpaired) electrons. The van der Waals surface area contributed by atoms with E-state index in [1.165, 1.54) is 17.3 Å². The van der Waals surface area contributed by atoms with Gasteiger partial charge in [0.15, 0.2) is 0 Å². The summed E-state index contributed by atoms with van der Waals surface area (Å²) in [5.74, 6) is -0.162. The molecule has 1 aliphatic rings. The fraction of sp³-hybridized carbons (Fsp3) is 0.222. The quantitative estimate of drug-likeness (QED) is 0.501. The Hall–Kier alpha value is -3.56. The number of carbonyl (C=O) groups excluding carboxylic acids is 2. The van der Waals surface area contributed by atoms with E-state index in [4.69, 9.17) is 0 Å². The maximum atomic E-state index is 12.7. The SMILES string of the molecule is CC(C)c1ccc([C@H]2CC(=O)NC(SCC(=O)Nc3cccc4ccccc34)=C2C#N)cc1. The lowest BCUT2D eigenvalue weighted by atomic mass is 9.86. The Morgan fingerprint density at radius 3 is 2.58 bits per heavy atom. The first-order valence-corrected chi connectivity index (χ1v) is 11.9. The minimum atomic E-state index is -0.311. The molecule has 3 aromatic rings. The summed E-state index contributed by atoms with van der Waals surface area (Å²) in [7, 11) is 0. The highest BCUT2D eigenvalue weighted by molar-refractivity contribution is 8.03. The van der Waals surface area contributed by atoms with Gasteiger partial charge in [0.05, 0.1) is 22.4 Å². The third-order valence-electron chi connectivity index (χ3n) is 5.77. The van der Waals surface area contributed by atoms with Gasteiger partial charge in [-0.3, -0.25) is 9.59 Å². The van der Waals surface area contributed by atoms with Crippen molar-refractivity contribution < 1.29 is 9.59 Å². The van der Waals surface area contributed by atoms with Crippen molar-refractivity contribution in [1.29, 1.82) is 5.26 Å². The number of rotatable bonds is 6. The number of hydrogen-bond acceptors (Lipinski definition) is 4. The van der Waals surface area contributed by atoms with E-state index in [1.54, 1.807) is 0 Å². The number of hydrogen-bond donors (Lipinski definition) is 2. The van der Waals surface area contributed by atoms with Crippen LogP contribution >= 0.6 is 11.8 Å². The topological polar surface area (TPSA) is 82.0 Å². The van der Waals surface area contributed by atoms with Crippen molar-refractivity contribution in [3.63, 3.8) is 0 Å². The molecule has 166 valence electrons. The van der Waals surface area contributed by atoms with Crippen LogP contribution in [0.1, 0.15) is 43.2 Å². The molecule has 0 aromatic heterocycles. The average Bonchev–Trinajstić information content (AvgIpc) is 2.82. The summed E-state index contributed by atoms with van der Waals surface area (Å²) in [5.41, 5.74) is 3.38. The standard InChI is InChI=1S/C27H25N3O2S/c1-17(2)18-10-12-20(13-11-18)22-14-25(31)30-27(23(22)15-28)33-16-26(32)29-24-9-5-7-19-6-3-4-8-21(19)24/h3-13,17,22H,14,16H2,1-2H3,(H,29,32)(H,30,31)/t22-/m1/s1. The molecule has 2 N–H and O–H groups in total. The minimum absolute atomic E-state index is 0.0863. The van der Waals surface area contributed by atoms with Gasteiger partial charge in [0, 0.05) is 23.4 Å². The van der Waals surface area contributed by atoms with Gasteiger partial charge < -0.3 is 10.6 Å². The molecular formula is C27H25N3O2S. The fourth-order valence-electron chi connectivity index (χ4n) is 3.99. The molecule has 4 rings (SSSR count). The number of nitrogens with one attached hydrogen (secondary N) is 2. The van der Waals surface area contributed by atoms with Crippen molar-refractivity contribution in [3.05, 3.63) is 88.5 Å². The molecule has 33 heavy (non-hydrogen) atoms. The third kappa shape index (κ3) is 5.10. The Balaban J connectivity index is 1.51. The van der Waals surface area contributed by atoms with E-state index in [0.717, 1.165) is 22.0 Å². The molecule has 0 fully saturated rings. The Kier molecular flexibility index (Phi) is 6.81. The van der Waals surface area contributed by atoms with Gasteiger partial charge >= 0.3 is 0 Å². The van der Waals surface area contributed by atoms with E-state index in [-0.39, 0.29) is 29.9 Å². The van der Waals surface area contributed by atoms with E-state index < -0.39 is 0 Å². The molecule has 3 aromatic carbocycles. The van der Waals surface area contributed by atoms with E-state index >= 15 is 0 Å². The molecule has 0 saturated carbocycles. The van der Waals surface area contributed by atoms with Crippen LogP contribution in [0.25, 0.3) is 10.8 Å². The summed E-state index contributed by atoms with van der Waals surface area (Å²) in [5, 5.41) is 18.1. The second kappa shape index (κ2) is 9.93. The molecule has 0 unspecified atom stereocenters. The predicted molar refractivity (Wildman–Crippen MR) is 134 cm³/mol. The fourth-order valence-corrected chi connectivity index (χ4v) is 4.87. The number of benzene rings is 3. The number of fused-ring (bicyclic) bond motifs is 1. The maximum absolute atomic E-state index is 12.7. The predicted octanol–water partition coefficient (Wildman–Crippen LogP) is 5.67. The molecule has 5 nitrogen and oxygen atoms in total. The highest BCUT2D eigenvalue weighted by Gasteiger charge is 2.30. The molecule has 1 atom stereocenters. The van der Waals surface area contributed by atoms with Gasteiger partial charge in [-0.25, -0.2) is 0 Å². The number of thioether (sulfide) groups is 1. The van der Waals surface area contributed by atoms with E-state index in [9.17, 15) is 14.9 Å². The molecule has 0 aliphatic carbocycles. The Morgan fingerprint density at radius 2 is 1.85 bits per heavy atom. The van der Waals surface area contributed by atoms with Gasteiger partial charge in [-0.1, -0.05) is 86.3 Å². The summed E-state index contributed by atoms with van der Waals surface area (Å²) in [4.78, 5) is 25.1. The van der Waals surface area contributed by atoms with E-state index in [0.29, 0.717) is 16.5 Å². The number of carbonyl (C=O) groups is 2. The van der Waals surface area contributed by atoms with Crippen molar-refractivity contribution in [3.8, 4) is 6.07 Å². The third-order valence-corrected chi connectivity index (χ3v) is 6.79. The van der Waals surface area contributed by atoms with E-state index in [1.807, 2.05) is 66.7 Å². The normalized spacial score (nSPS) is 15.9. The minimum Gasteiger partial charge on any atom is -0.325 e. The zero-order valence-electron chi connectivity index (χ0n) is 18.6. The van der Waals surface area contributed by atoms with Gasteiger partial charge in [-0.05, 0) is 28.5 Å². The summed E-state index contributed by atoms with van der Waals surface area (Å²) in [6, 6.07) is 24.0. The molecule has 2 amide bonds. The Labute approximate surface area is 197 Å². The second-order valence-corrected chi connectivity index (χ2v) is 9.33. The Morgan fingerprint density at radius 1 is 1.12 bits per heavy atom. The van der Waals surface area contributed by atoms with Crippen molar-refractivity contribution in [2.24, 2.45) is 0 Å². The Bertz CT molecular complexity index is 1270. The second-order valence-electron chi connectivity index (χ2n) is 8.34. The van der Waals surface area contributed by atoms with Gasteiger partial charge in [0.25, 0.3) is 0 Å². The van der Waals surface area contributed by atoms with Crippen LogP contribution in [0.2, 0.25) is 0 Å². The van der Waals surface area contributed by atoms with Gasteiger partial charge in [-0.15, -0.1) is 0 Å². The van der Waals surface area contributed by atoms with Crippen LogP contribution in [0.15, 0.2) is 77.3 Å². The maximum Gasteiger partial charge on any atom is 0.234 e. The molecule has 0 saturated heterocycles. The highest BCUT2D eigenvalue weighted by Crippen LogP contribution is 2.36.